The van der Waals surface area contributed by atoms with Crippen LogP contribution in [-0.4, -0.2) is 28.1 Å². The molecular formula is C18H26N2O3. The second-order valence-electron chi connectivity index (χ2n) is 4.97. The highest BCUT2D eigenvalue weighted by molar-refractivity contribution is 6.07. The molecule has 2 N–H and O–H groups in total. The Morgan fingerprint density at radius 2 is 1.87 bits per heavy atom. The highest BCUT2D eigenvalue weighted by atomic mass is 16.4. The fourth-order valence-electron chi connectivity index (χ4n) is 2.55. The maximum atomic E-state index is 12.2. The minimum absolute atomic E-state index is 0.173. The molecule has 1 unspecified atom stereocenters. The van der Waals surface area contributed by atoms with Gasteiger partial charge >= 0.3 is 5.97 Å². The fraction of sp³-hybridized carbons (Fsp3) is 0.444. The van der Waals surface area contributed by atoms with Gasteiger partial charge in [-0.05, 0) is 19.4 Å². The molecule has 1 aromatic heterocycles. The van der Waals surface area contributed by atoms with Gasteiger partial charge in [0.2, 0.25) is 0 Å². The van der Waals surface area contributed by atoms with Crippen molar-refractivity contribution in [1.82, 2.24) is 9.88 Å². The van der Waals surface area contributed by atoms with Crippen LogP contribution in [0.4, 0.5) is 0 Å². The van der Waals surface area contributed by atoms with Crippen LogP contribution < -0.4 is 5.32 Å². The number of fused-ring (bicyclic) bond motifs is 1. The molecule has 0 radical (unpaired) electrons. The van der Waals surface area contributed by atoms with Crippen LogP contribution in [0.2, 0.25) is 0 Å². The van der Waals surface area contributed by atoms with E-state index in [0.717, 1.165) is 17.3 Å². The third kappa shape index (κ3) is 4.12. The van der Waals surface area contributed by atoms with Gasteiger partial charge in [-0.1, -0.05) is 45.4 Å². The topological polar surface area (TPSA) is 71.3 Å². The third-order valence-electron chi connectivity index (χ3n) is 3.51. The van der Waals surface area contributed by atoms with Crippen molar-refractivity contribution in [3.63, 3.8) is 0 Å². The Bertz CT molecular complexity index is 661. The first-order valence-electron chi connectivity index (χ1n) is 8.20. The lowest BCUT2D eigenvalue weighted by Crippen LogP contribution is -2.22. The van der Waals surface area contributed by atoms with E-state index in [9.17, 15) is 14.7 Å². The van der Waals surface area contributed by atoms with Crippen LogP contribution in [0.1, 0.15) is 56.9 Å². The van der Waals surface area contributed by atoms with Crippen LogP contribution in [0, 0.1) is 0 Å². The smallest absolute Gasteiger partial charge is 0.326 e. The number of hydrogen-bond donors (Lipinski definition) is 2. The zero-order valence-electron chi connectivity index (χ0n) is 14.3. The van der Waals surface area contributed by atoms with Gasteiger partial charge in [0.1, 0.15) is 6.04 Å². The first kappa shape index (κ1) is 18.7. The summed E-state index contributed by atoms with van der Waals surface area (Å²) in [5.41, 5.74) is 1.30. The van der Waals surface area contributed by atoms with E-state index in [0.29, 0.717) is 18.5 Å². The molecule has 1 amide bonds. The number of aliphatic carboxylic acids is 1. The third-order valence-corrected chi connectivity index (χ3v) is 3.51. The predicted molar refractivity (Wildman–Crippen MR) is 92.9 cm³/mol. The normalized spacial score (nSPS) is 11.5. The summed E-state index contributed by atoms with van der Waals surface area (Å²) < 4.78 is 1.70. The number of nitrogens with one attached hydrogen (secondary N) is 1. The molecule has 2 rings (SSSR count). The molecule has 2 aromatic rings. The van der Waals surface area contributed by atoms with E-state index in [1.165, 1.54) is 0 Å². The first-order chi connectivity index (χ1) is 11.1. The lowest BCUT2D eigenvalue weighted by Gasteiger charge is -2.14. The molecule has 0 saturated carbocycles. The number of nitrogens with zero attached hydrogens (tertiary/aromatic N) is 1. The predicted octanol–water partition coefficient (Wildman–Crippen LogP) is 3.84. The summed E-state index contributed by atoms with van der Waals surface area (Å²) in [6.45, 7) is 8.34. The summed E-state index contributed by atoms with van der Waals surface area (Å²) in [7, 11) is 0. The second-order valence-corrected chi connectivity index (χ2v) is 4.97. The quantitative estimate of drug-likeness (QED) is 0.850. The van der Waals surface area contributed by atoms with Crippen molar-refractivity contribution in [2.45, 2.75) is 46.6 Å². The maximum Gasteiger partial charge on any atom is 0.326 e. The van der Waals surface area contributed by atoms with Crippen molar-refractivity contribution in [2.24, 2.45) is 0 Å². The summed E-state index contributed by atoms with van der Waals surface area (Å²) in [4.78, 5) is 23.7. The molecule has 1 atom stereocenters. The zero-order valence-corrected chi connectivity index (χ0v) is 14.3. The summed E-state index contributed by atoms with van der Waals surface area (Å²) in [5, 5.41) is 13.0. The van der Waals surface area contributed by atoms with Gasteiger partial charge in [0, 0.05) is 23.6 Å². The van der Waals surface area contributed by atoms with E-state index in [1.807, 2.05) is 52.0 Å². The van der Waals surface area contributed by atoms with E-state index < -0.39 is 12.0 Å². The zero-order chi connectivity index (χ0) is 17.4. The summed E-state index contributed by atoms with van der Waals surface area (Å²) in [5.74, 6) is -1.05. The van der Waals surface area contributed by atoms with Gasteiger partial charge < -0.3 is 15.0 Å². The summed E-state index contributed by atoms with van der Waals surface area (Å²) in [6.07, 6.45) is 2.95. The van der Waals surface area contributed by atoms with Gasteiger partial charge in [0.15, 0.2) is 0 Å². The van der Waals surface area contributed by atoms with Gasteiger partial charge in [-0.25, -0.2) is 4.79 Å². The minimum Gasteiger partial charge on any atom is -0.480 e. The summed E-state index contributed by atoms with van der Waals surface area (Å²) in [6, 6.07) is 6.75. The lowest BCUT2D eigenvalue weighted by molar-refractivity contribution is -0.141. The van der Waals surface area contributed by atoms with Crippen molar-refractivity contribution >= 4 is 22.8 Å². The largest absolute Gasteiger partial charge is 0.480 e. The van der Waals surface area contributed by atoms with Gasteiger partial charge in [-0.15, -0.1) is 0 Å². The molecule has 0 bridgehead atoms. The van der Waals surface area contributed by atoms with Crippen LogP contribution in [0.15, 0.2) is 30.5 Å². The van der Waals surface area contributed by atoms with Crippen molar-refractivity contribution in [3.05, 3.63) is 36.0 Å². The number of benzene rings is 1. The van der Waals surface area contributed by atoms with E-state index in [4.69, 9.17) is 0 Å². The number of hydrogen-bond acceptors (Lipinski definition) is 2. The van der Waals surface area contributed by atoms with Crippen LogP contribution >= 0.6 is 0 Å². The van der Waals surface area contributed by atoms with E-state index in [2.05, 4.69) is 5.32 Å². The van der Waals surface area contributed by atoms with Crippen molar-refractivity contribution in [1.29, 1.82) is 0 Å². The van der Waals surface area contributed by atoms with E-state index >= 15 is 0 Å². The molecule has 5 heteroatoms. The number of amides is 1. The number of rotatable bonds is 6. The number of carboxylic acid groups (broad SMARTS) is 1. The lowest BCUT2D eigenvalue weighted by atomic mass is 10.1. The number of carbonyl (C=O) groups is 2. The molecular weight excluding hydrogens is 292 g/mol. The van der Waals surface area contributed by atoms with E-state index in [1.54, 1.807) is 10.8 Å². The molecule has 0 fully saturated rings. The highest BCUT2D eigenvalue weighted by Gasteiger charge is 2.23. The van der Waals surface area contributed by atoms with Crippen LogP contribution in [0.5, 0.6) is 0 Å². The Morgan fingerprint density at radius 3 is 2.43 bits per heavy atom. The van der Waals surface area contributed by atoms with Gasteiger partial charge in [-0.3, -0.25) is 4.79 Å². The van der Waals surface area contributed by atoms with Crippen LogP contribution in [0.25, 0.3) is 10.9 Å². The molecule has 0 aliphatic rings. The maximum absolute atomic E-state index is 12.2. The second kappa shape index (κ2) is 8.98. The number of carboxylic acids is 1. The molecule has 126 valence electrons. The van der Waals surface area contributed by atoms with E-state index in [-0.39, 0.29) is 5.91 Å². The molecule has 1 heterocycles. The average molecular weight is 318 g/mol. The Balaban J connectivity index is 0.00000127. The number of aromatic nitrogens is 1. The highest BCUT2D eigenvalue weighted by Crippen LogP contribution is 2.27. The Hall–Kier alpha value is -2.30. The van der Waals surface area contributed by atoms with Gasteiger partial charge in [0.05, 0.1) is 5.56 Å². The van der Waals surface area contributed by atoms with Crippen LogP contribution in [-0.2, 0) is 4.79 Å². The molecule has 1 aromatic carbocycles. The molecule has 0 saturated heterocycles. The number of para-hydroxylation sites is 1. The van der Waals surface area contributed by atoms with Crippen LogP contribution in [0.3, 0.4) is 0 Å². The molecule has 0 aliphatic heterocycles. The van der Waals surface area contributed by atoms with Crippen molar-refractivity contribution in [2.75, 3.05) is 6.54 Å². The monoisotopic (exact) mass is 318 g/mol. The van der Waals surface area contributed by atoms with Crippen molar-refractivity contribution in [3.8, 4) is 0 Å². The number of carbonyl (C=O) groups excluding carboxylic acids is 1. The molecule has 5 nitrogen and oxygen atoms in total. The Morgan fingerprint density at radius 1 is 1.22 bits per heavy atom. The first-order valence-corrected chi connectivity index (χ1v) is 8.20. The minimum atomic E-state index is -0.875. The Kier molecular flexibility index (Phi) is 7.32. The molecule has 0 spiro atoms. The standard InChI is InChI=1S/C16H20N2O3.C2H6/c1-3-7-14(16(20)21)18-10-12(15(19)17-4-2)11-8-5-6-9-13(11)18;1-2/h5-6,8-10,14H,3-4,7H2,1-2H3,(H,17,19)(H,20,21);1-2H3. The Labute approximate surface area is 137 Å². The SMILES string of the molecule is CC.CCCC(C(=O)O)n1cc(C(=O)NCC)c2ccccc21. The average Bonchev–Trinajstić information content (AvgIpc) is 2.94. The molecule has 23 heavy (non-hydrogen) atoms. The van der Waals surface area contributed by atoms with Gasteiger partial charge in [0.25, 0.3) is 5.91 Å². The van der Waals surface area contributed by atoms with Crippen molar-refractivity contribution < 1.29 is 14.7 Å². The summed E-state index contributed by atoms with van der Waals surface area (Å²) >= 11 is 0. The molecule has 0 aliphatic carbocycles. The fourth-order valence-corrected chi connectivity index (χ4v) is 2.55. The van der Waals surface area contributed by atoms with Gasteiger partial charge in [-0.2, -0.15) is 0 Å².